The molecule has 0 bridgehead atoms. The fraction of sp³-hybridized carbons (Fsp3) is 0.818. The van der Waals surface area contributed by atoms with E-state index in [1.165, 1.54) is 6.08 Å². The Morgan fingerprint density at radius 1 is 1.14 bits per heavy atom. The fourth-order valence-electron chi connectivity index (χ4n) is 3.71. The van der Waals surface area contributed by atoms with Crippen LogP contribution in [0.2, 0.25) is 0 Å². The Morgan fingerprint density at radius 3 is 2.28 bits per heavy atom. The number of ether oxygens (including phenoxy) is 4. The molecule has 7 nitrogen and oxygen atoms in total. The minimum atomic E-state index is -0.893. The van der Waals surface area contributed by atoms with Crippen molar-refractivity contribution < 1.29 is 28.5 Å². The molecular weight excluding hydrogens is 374 g/mol. The van der Waals surface area contributed by atoms with Crippen molar-refractivity contribution in [2.45, 2.75) is 90.4 Å². The lowest BCUT2D eigenvalue weighted by atomic mass is 9.87. The van der Waals surface area contributed by atoms with E-state index < -0.39 is 24.1 Å². The first-order valence-corrected chi connectivity index (χ1v) is 10.8. The fourth-order valence-corrected chi connectivity index (χ4v) is 3.71. The highest BCUT2D eigenvalue weighted by atomic mass is 16.7. The third-order valence-electron chi connectivity index (χ3n) is 5.16. The summed E-state index contributed by atoms with van der Waals surface area (Å²) in [6.07, 6.45) is 5.08. The van der Waals surface area contributed by atoms with Crippen LogP contribution in [0.4, 0.5) is 0 Å². The summed E-state index contributed by atoms with van der Waals surface area (Å²) in [6, 6.07) is 0. The van der Waals surface area contributed by atoms with Gasteiger partial charge in [0.1, 0.15) is 5.60 Å². The van der Waals surface area contributed by atoms with E-state index in [0.717, 1.165) is 51.6 Å². The second-order valence-corrected chi connectivity index (χ2v) is 8.74. The molecule has 2 unspecified atom stereocenters. The van der Waals surface area contributed by atoms with Crippen LogP contribution in [0.1, 0.15) is 66.2 Å². The Bertz CT molecular complexity index is 544. The summed E-state index contributed by atoms with van der Waals surface area (Å²) in [5, 5.41) is 0. The quantitative estimate of drug-likeness (QED) is 0.327. The number of hydrogen-bond acceptors (Lipinski definition) is 7. The van der Waals surface area contributed by atoms with Crippen LogP contribution >= 0.6 is 0 Å². The van der Waals surface area contributed by atoms with E-state index in [1.807, 2.05) is 27.7 Å². The van der Waals surface area contributed by atoms with Crippen molar-refractivity contribution in [2.24, 2.45) is 5.92 Å². The van der Waals surface area contributed by atoms with Gasteiger partial charge in [-0.05, 0) is 66.2 Å². The van der Waals surface area contributed by atoms with Crippen molar-refractivity contribution in [1.29, 1.82) is 0 Å². The normalized spacial score (nSPS) is 25.2. The predicted molar refractivity (Wildman–Crippen MR) is 109 cm³/mol. The first-order chi connectivity index (χ1) is 13.7. The molecule has 1 saturated carbocycles. The zero-order valence-electron chi connectivity index (χ0n) is 18.4. The molecule has 0 aromatic rings. The van der Waals surface area contributed by atoms with Gasteiger partial charge >= 0.3 is 11.9 Å². The van der Waals surface area contributed by atoms with E-state index in [-0.39, 0.29) is 18.0 Å². The van der Waals surface area contributed by atoms with Gasteiger partial charge in [-0.25, -0.2) is 4.79 Å². The van der Waals surface area contributed by atoms with E-state index >= 15 is 0 Å². The van der Waals surface area contributed by atoms with Gasteiger partial charge in [0.2, 0.25) is 6.41 Å². The van der Waals surface area contributed by atoms with Crippen LogP contribution in [0, 0.1) is 5.92 Å². The van der Waals surface area contributed by atoms with Crippen LogP contribution in [0.3, 0.4) is 0 Å². The van der Waals surface area contributed by atoms with Crippen LogP contribution < -0.4 is 0 Å². The first-order valence-electron chi connectivity index (χ1n) is 10.8. The molecule has 0 aromatic carbocycles. The van der Waals surface area contributed by atoms with Gasteiger partial charge in [0.15, 0.2) is 6.10 Å². The van der Waals surface area contributed by atoms with Gasteiger partial charge in [-0.1, -0.05) is 12.7 Å². The molecule has 166 valence electrons. The lowest BCUT2D eigenvalue weighted by Gasteiger charge is -2.35. The summed E-state index contributed by atoms with van der Waals surface area (Å²) < 4.78 is 22.9. The maximum Gasteiger partial charge on any atom is 0.339 e. The second kappa shape index (κ2) is 11.1. The third-order valence-corrected chi connectivity index (χ3v) is 5.16. The minimum Gasteiger partial charge on any atom is -0.466 e. The average Bonchev–Trinajstić information content (AvgIpc) is 3.19. The number of carbonyl (C=O) groups is 2. The topological polar surface area (TPSA) is 74.3 Å². The van der Waals surface area contributed by atoms with Crippen LogP contribution in [0.5, 0.6) is 0 Å². The Labute approximate surface area is 174 Å². The Balaban J connectivity index is 1.95. The van der Waals surface area contributed by atoms with E-state index in [2.05, 4.69) is 11.5 Å². The molecule has 1 aliphatic heterocycles. The van der Waals surface area contributed by atoms with Crippen LogP contribution in [-0.2, 0) is 28.5 Å². The molecule has 0 aromatic heterocycles. The van der Waals surface area contributed by atoms with Crippen molar-refractivity contribution >= 4 is 11.9 Å². The van der Waals surface area contributed by atoms with Crippen LogP contribution in [0.15, 0.2) is 12.7 Å². The van der Waals surface area contributed by atoms with Crippen molar-refractivity contribution in [3.05, 3.63) is 12.7 Å². The monoisotopic (exact) mass is 411 g/mol. The Kier molecular flexibility index (Phi) is 9.11. The van der Waals surface area contributed by atoms with Gasteiger partial charge in [-0.2, -0.15) is 0 Å². The first kappa shape index (κ1) is 23.8. The summed E-state index contributed by atoms with van der Waals surface area (Å²) in [4.78, 5) is 26.5. The van der Waals surface area contributed by atoms with Gasteiger partial charge in [0, 0.05) is 13.1 Å². The van der Waals surface area contributed by atoms with Gasteiger partial charge < -0.3 is 18.9 Å². The van der Waals surface area contributed by atoms with Gasteiger partial charge in [0.05, 0.1) is 18.6 Å². The molecule has 0 amide bonds. The molecular formula is C22H37NO6. The molecule has 2 aliphatic rings. The van der Waals surface area contributed by atoms with E-state index in [9.17, 15) is 9.59 Å². The minimum absolute atomic E-state index is 0.0182. The van der Waals surface area contributed by atoms with Crippen LogP contribution in [0.25, 0.3) is 0 Å². The molecule has 2 fully saturated rings. The average molecular weight is 412 g/mol. The van der Waals surface area contributed by atoms with Crippen molar-refractivity contribution in [2.75, 3.05) is 19.7 Å². The number of rotatable bonds is 9. The maximum atomic E-state index is 12.5. The van der Waals surface area contributed by atoms with Crippen molar-refractivity contribution in [1.82, 2.24) is 4.90 Å². The maximum absolute atomic E-state index is 12.5. The lowest BCUT2D eigenvalue weighted by Crippen LogP contribution is -2.45. The van der Waals surface area contributed by atoms with Crippen LogP contribution in [-0.4, -0.2) is 60.8 Å². The molecule has 1 aliphatic carbocycles. The van der Waals surface area contributed by atoms with Gasteiger partial charge in [0.25, 0.3) is 0 Å². The molecule has 7 heteroatoms. The smallest absolute Gasteiger partial charge is 0.339 e. The molecule has 0 N–H and O–H groups in total. The number of nitrogens with zero attached hydrogens (tertiary/aromatic N) is 1. The van der Waals surface area contributed by atoms with Gasteiger partial charge in [-0.3, -0.25) is 9.69 Å². The standard InChI is InChI=1S/C22H37NO6/c1-6-18(20(25)29-22(3,4)5)28-21(23-14-8-9-15-23)27-17-12-10-16(11-13-17)19(24)26-7-2/h6,16-18,21H,1,7-15H2,2-5H3/t16-,17-,18?,21?. The summed E-state index contributed by atoms with van der Waals surface area (Å²) in [6.45, 7) is 13.2. The molecule has 29 heavy (non-hydrogen) atoms. The third kappa shape index (κ3) is 7.72. The summed E-state index contributed by atoms with van der Waals surface area (Å²) >= 11 is 0. The SMILES string of the molecule is C=CC(OC(O[C@H]1CC[C@H](C(=O)OCC)CC1)N1CCCC1)C(=O)OC(C)(C)C. The van der Waals surface area contributed by atoms with E-state index in [0.29, 0.717) is 6.61 Å². The molecule has 2 atom stereocenters. The van der Waals surface area contributed by atoms with E-state index in [1.54, 1.807) is 0 Å². The zero-order valence-corrected chi connectivity index (χ0v) is 18.4. The number of esters is 2. The highest BCUT2D eigenvalue weighted by Crippen LogP contribution is 2.29. The highest BCUT2D eigenvalue weighted by molar-refractivity contribution is 5.77. The number of hydrogen-bond donors (Lipinski definition) is 0. The molecule has 0 radical (unpaired) electrons. The highest BCUT2D eigenvalue weighted by Gasteiger charge is 2.34. The molecule has 2 rings (SSSR count). The predicted octanol–water partition coefficient (Wildman–Crippen LogP) is 3.42. The number of carbonyl (C=O) groups excluding carboxylic acids is 2. The largest absolute Gasteiger partial charge is 0.466 e. The van der Waals surface area contributed by atoms with Crippen molar-refractivity contribution in [3.8, 4) is 0 Å². The number of likely N-dealkylation sites (tertiary alicyclic amines) is 1. The Morgan fingerprint density at radius 2 is 1.76 bits per heavy atom. The summed E-state index contributed by atoms with van der Waals surface area (Å²) in [5.41, 5.74) is -0.600. The summed E-state index contributed by atoms with van der Waals surface area (Å²) in [7, 11) is 0. The van der Waals surface area contributed by atoms with Gasteiger partial charge in [-0.15, -0.1) is 0 Å². The van der Waals surface area contributed by atoms with Crippen molar-refractivity contribution in [3.63, 3.8) is 0 Å². The Hall–Kier alpha value is -1.44. The zero-order chi connectivity index (χ0) is 21.4. The summed E-state index contributed by atoms with van der Waals surface area (Å²) in [5.74, 6) is -0.634. The van der Waals surface area contributed by atoms with E-state index in [4.69, 9.17) is 18.9 Å². The second-order valence-electron chi connectivity index (χ2n) is 8.74. The molecule has 1 heterocycles. The molecule has 1 saturated heterocycles. The molecule has 0 spiro atoms. The lowest BCUT2D eigenvalue weighted by molar-refractivity contribution is -0.259.